The highest BCUT2D eigenvalue weighted by Gasteiger charge is 2.12. The van der Waals surface area contributed by atoms with Crippen LogP contribution in [0.4, 0.5) is 0 Å². The van der Waals surface area contributed by atoms with Crippen LogP contribution in [-0.2, 0) is 16.1 Å². The molecule has 0 fully saturated rings. The van der Waals surface area contributed by atoms with Crippen LogP contribution in [-0.4, -0.2) is 17.0 Å². The molecule has 1 rings (SSSR count). The molecule has 0 saturated carbocycles. The molecule has 0 aliphatic heterocycles. The van der Waals surface area contributed by atoms with Crippen LogP contribution >= 0.6 is 15.9 Å². The van der Waals surface area contributed by atoms with Crippen molar-refractivity contribution in [3.63, 3.8) is 0 Å². The van der Waals surface area contributed by atoms with Gasteiger partial charge in [0.25, 0.3) is 0 Å². The first-order valence-electron chi connectivity index (χ1n) is 5.35. The predicted molar refractivity (Wildman–Crippen MR) is 72.0 cm³/mol. The molecule has 2 N–H and O–H groups in total. The Morgan fingerprint density at radius 2 is 1.94 bits per heavy atom. The van der Waals surface area contributed by atoms with Crippen molar-refractivity contribution in [2.75, 3.05) is 0 Å². The summed E-state index contributed by atoms with van der Waals surface area (Å²) in [7, 11) is 0. The Morgan fingerprint density at radius 3 is 2.50 bits per heavy atom. The van der Waals surface area contributed by atoms with E-state index < -0.39 is 5.97 Å². The minimum Gasteiger partial charge on any atom is -0.478 e. The van der Waals surface area contributed by atoms with Gasteiger partial charge in [0.05, 0.1) is 0 Å². The number of hydrogen-bond donors (Lipinski definition) is 2. The highest BCUT2D eigenvalue weighted by Crippen LogP contribution is 2.11. The zero-order valence-corrected chi connectivity index (χ0v) is 11.7. The summed E-state index contributed by atoms with van der Waals surface area (Å²) in [5.74, 6) is -1.44. The predicted octanol–water partition coefficient (Wildman–Crippen LogP) is 2.49. The first kappa shape index (κ1) is 14.4. The van der Waals surface area contributed by atoms with Gasteiger partial charge >= 0.3 is 5.97 Å². The summed E-state index contributed by atoms with van der Waals surface area (Å²) in [6.45, 7) is 3.28. The van der Waals surface area contributed by atoms with Crippen LogP contribution in [0.25, 0.3) is 0 Å². The van der Waals surface area contributed by atoms with Gasteiger partial charge in [-0.1, -0.05) is 28.1 Å². The van der Waals surface area contributed by atoms with Crippen molar-refractivity contribution in [1.29, 1.82) is 0 Å². The fourth-order valence-electron chi connectivity index (χ4n) is 1.29. The number of carbonyl (C=O) groups excluding carboxylic acids is 1. The maximum Gasteiger partial charge on any atom is 0.331 e. The molecule has 1 aromatic rings. The summed E-state index contributed by atoms with van der Waals surface area (Å²) >= 11 is 3.34. The summed E-state index contributed by atoms with van der Waals surface area (Å²) in [6.07, 6.45) is 0. The van der Waals surface area contributed by atoms with Gasteiger partial charge < -0.3 is 10.4 Å². The number of rotatable bonds is 4. The number of carboxylic acid groups (broad SMARTS) is 1. The molecule has 1 amide bonds. The molecule has 1 aromatic carbocycles. The Hall–Kier alpha value is -1.62. The van der Waals surface area contributed by atoms with Crippen molar-refractivity contribution in [3.8, 4) is 0 Å². The zero-order chi connectivity index (χ0) is 13.7. The van der Waals surface area contributed by atoms with Crippen LogP contribution in [0.3, 0.4) is 0 Å². The van der Waals surface area contributed by atoms with E-state index in [1.54, 1.807) is 0 Å². The van der Waals surface area contributed by atoms with Gasteiger partial charge in [0, 0.05) is 22.2 Å². The van der Waals surface area contributed by atoms with Gasteiger partial charge in [0.2, 0.25) is 5.91 Å². The highest BCUT2D eigenvalue weighted by molar-refractivity contribution is 9.10. The third kappa shape index (κ3) is 4.00. The third-order valence-corrected chi connectivity index (χ3v) is 3.06. The standard InChI is InChI=1S/C13H14BrNO3/c1-8(9(2)13(17)18)12(16)15-7-10-4-3-5-11(14)6-10/h3-6H,7H2,1-2H3,(H,15,16)(H,17,18). The molecular weight excluding hydrogens is 298 g/mol. The van der Waals surface area contributed by atoms with Crippen LogP contribution < -0.4 is 5.32 Å². The number of halogens is 1. The molecule has 0 aliphatic carbocycles. The monoisotopic (exact) mass is 311 g/mol. The topological polar surface area (TPSA) is 66.4 Å². The van der Waals surface area contributed by atoms with Crippen LogP contribution in [0.15, 0.2) is 39.9 Å². The number of carboxylic acids is 1. The average Bonchev–Trinajstić information content (AvgIpc) is 2.34. The lowest BCUT2D eigenvalue weighted by Crippen LogP contribution is -2.25. The van der Waals surface area contributed by atoms with Crippen molar-refractivity contribution in [2.45, 2.75) is 20.4 Å². The van der Waals surface area contributed by atoms with Crippen molar-refractivity contribution >= 4 is 27.8 Å². The normalized spacial score (nSPS) is 11.7. The Bertz CT molecular complexity index is 509. The molecule has 0 bridgehead atoms. The summed E-state index contributed by atoms with van der Waals surface area (Å²) in [6, 6.07) is 7.54. The number of nitrogens with one attached hydrogen (secondary N) is 1. The molecule has 0 atom stereocenters. The molecule has 96 valence electrons. The van der Waals surface area contributed by atoms with E-state index in [9.17, 15) is 9.59 Å². The van der Waals surface area contributed by atoms with Gasteiger partial charge in [0.1, 0.15) is 0 Å². The van der Waals surface area contributed by atoms with E-state index in [1.807, 2.05) is 24.3 Å². The number of amides is 1. The molecule has 0 aliphatic rings. The van der Waals surface area contributed by atoms with Crippen LogP contribution in [0.2, 0.25) is 0 Å². The Morgan fingerprint density at radius 1 is 1.28 bits per heavy atom. The van der Waals surface area contributed by atoms with Crippen LogP contribution in [0, 0.1) is 0 Å². The van der Waals surface area contributed by atoms with E-state index in [1.165, 1.54) is 13.8 Å². The zero-order valence-electron chi connectivity index (χ0n) is 10.2. The van der Waals surface area contributed by atoms with Gasteiger partial charge in [-0.3, -0.25) is 4.79 Å². The Kier molecular flexibility index (Phi) is 5.09. The smallest absolute Gasteiger partial charge is 0.331 e. The second-order valence-electron chi connectivity index (χ2n) is 3.87. The highest BCUT2D eigenvalue weighted by atomic mass is 79.9. The first-order chi connectivity index (χ1) is 8.41. The lowest BCUT2D eigenvalue weighted by molar-refractivity contribution is -0.133. The molecular formula is C13H14BrNO3. The Labute approximate surface area is 114 Å². The maximum atomic E-state index is 11.7. The molecule has 0 radical (unpaired) electrons. The minimum atomic E-state index is -1.08. The van der Waals surface area contributed by atoms with Crippen molar-refractivity contribution in [3.05, 3.63) is 45.4 Å². The quantitative estimate of drug-likeness (QED) is 0.840. The maximum absolute atomic E-state index is 11.7. The summed E-state index contributed by atoms with van der Waals surface area (Å²) < 4.78 is 0.934. The van der Waals surface area contributed by atoms with Crippen molar-refractivity contribution in [1.82, 2.24) is 5.32 Å². The number of benzene rings is 1. The summed E-state index contributed by atoms with van der Waals surface area (Å²) in [5, 5.41) is 11.5. The minimum absolute atomic E-state index is 0.0572. The molecule has 4 nitrogen and oxygen atoms in total. The van der Waals surface area contributed by atoms with Gasteiger partial charge in [-0.2, -0.15) is 0 Å². The number of aliphatic carboxylic acids is 1. The molecule has 0 unspecified atom stereocenters. The molecule has 0 heterocycles. The molecule has 0 aromatic heterocycles. The lowest BCUT2D eigenvalue weighted by atomic mass is 10.1. The van der Waals surface area contributed by atoms with E-state index >= 15 is 0 Å². The first-order valence-corrected chi connectivity index (χ1v) is 6.14. The number of carbonyl (C=O) groups is 2. The molecule has 0 saturated heterocycles. The summed E-state index contributed by atoms with van der Waals surface area (Å²) in [4.78, 5) is 22.4. The second-order valence-corrected chi connectivity index (χ2v) is 4.78. The van der Waals surface area contributed by atoms with E-state index in [-0.39, 0.29) is 17.1 Å². The Balaban J connectivity index is 2.67. The van der Waals surface area contributed by atoms with E-state index in [0.717, 1.165) is 10.0 Å². The molecule has 18 heavy (non-hydrogen) atoms. The third-order valence-electron chi connectivity index (χ3n) is 2.57. The van der Waals surface area contributed by atoms with Gasteiger partial charge in [-0.15, -0.1) is 0 Å². The SMILES string of the molecule is CC(C(=O)O)=C(C)C(=O)NCc1cccc(Br)c1. The van der Waals surface area contributed by atoms with Crippen LogP contribution in [0.5, 0.6) is 0 Å². The lowest BCUT2D eigenvalue weighted by Gasteiger charge is -2.07. The van der Waals surface area contributed by atoms with Crippen molar-refractivity contribution in [2.24, 2.45) is 0 Å². The van der Waals surface area contributed by atoms with E-state index in [2.05, 4.69) is 21.2 Å². The average molecular weight is 312 g/mol. The van der Waals surface area contributed by atoms with Crippen molar-refractivity contribution < 1.29 is 14.7 Å². The largest absolute Gasteiger partial charge is 0.478 e. The fraction of sp³-hybridized carbons (Fsp3) is 0.231. The number of hydrogen-bond acceptors (Lipinski definition) is 2. The molecule has 5 heteroatoms. The van der Waals surface area contributed by atoms with Crippen LogP contribution in [0.1, 0.15) is 19.4 Å². The fourth-order valence-corrected chi connectivity index (χ4v) is 1.74. The molecule has 0 spiro atoms. The van der Waals surface area contributed by atoms with Gasteiger partial charge in [-0.05, 0) is 31.5 Å². The summed E-state index contributed by atoms with van der Waals surface area (Å²) in [5.41, 5.74) is 1.22. The van der Waals surface area contributed by atoms with E-state index in [0.29, 0.717) is 6.54 Å². The van der Waals surface area contributed by atoms with E-state index in [4.69, 9.17) is 5.11 Å². The van der Waals surface area contributed by atoms with Gasteiger partial charge in [-0.25, -0.2) is 4.79 Å². The van der Waals surface area contributed by atoms with Gasteiger partial charge in [0.15, 0.2) is 0 Å². The second kappa shape index (κ2) is 6.35.